The largest absolute Gasteiger partial charge is 0.350 e. The van der Waals surface area contributed by atoms with Crippen LogP contribution in [0.25, 0.3) is 0 Å². The molecule has 5 nitrogen and oxygen atoms in total. The molecule has 1 fully saturated rings. The molecule has 1 heterocycles. The van der Waals surface area contributed by atoms with Gasteiger partial charge < -0.3 is 16.0 Å². The van der Waals surface area contributed by atoms with Gasteiger partial charge in [0, 0.05) is 19.4 Å². The van der Waals surface area contributed by atoms with Gasteiger partial charge >= 0.3 is 0 Å². The number of hydrogen-bond acceptors (Lipinski definition) is 3. The van der Waals surface area contributed by atoms with Gasteiger partial charge in [-0.2, -0.15) is 0 Å². The molecule has 3 N–H and O–H groups in total. The van der Waals surface area contributed by atoms with Crippen molar-refractivity contribution in [2.24, 2.45) is 5.92 Å². The highest BCUT2D eigenvalue weighted by atomic mass is 16.2. The predicted molar refractivity (Wildman–Crippen MR) is 115 cm³/mol. The molecule has 3 rings (SSSR count). The van der Waals surface area contributed by atoms with Crippen molar-refractivity contribution in [3.63, 3.8) is 0 Å². The molecule has 0 saturated carbocycles. The van der Waals surface area contributed by atoms with Gasteiger partial charge in [-0.1, -0.05) is 60.7 Å². The normalized spacial score (nSPS) is 15.4. The van der Waals surface area contributed by atoms with E-state index in [-0.39, 0.29) is 11.8 Å². The van der Waals surface area contributed by atoms with Gasteiger partial charge in [0.1, 0.15) is 6.04 Å². The summed E-state index contributed by atoms with van der Waals surface area (Å²) in [6.07, 6.45) is 4.09. The molecule has 1 atom stereocenters. The molecule has 2 aromatic rings. The topological polar surface area (TPSA) is 70.2 Å². The molecule has 0 spiro atoms. The fraction of sp³-hybridized carbons (Fsp3) is 0.417. The van der Waals surface area contributed by atoms with E-state index in [0.717, 1.165) is 43.5 Å². The van der Waals surface area contributed by atoms with Crippen LogP contribution in [0.2, 0.25) is 0 Å². The monoisotopic (exact) mass is 393 g/mol. The summed E-state index contributed by atoms with van der Waals surface area (Å²) in [6.45, 7) is 2.52. The van der Waals surface area contributed by atoms with Crippen LogP contribution >= 0.6 is 0 Å². The summed E-state index contributed by atoms with van der Waals surface area (Å²) in [4.78, 5) is 25.4. The Morgan fingerprint density at radius 1 is 0.931 bits per heavy atom. The first-order chi connectivity index (χ1) is 14.2. The number of carbonyl (C=O) groups is 2. The van der Waals surface area contributed by atoms with E-state index in [2.05, 4.69) is 16.0 Å². The van der Waals surface area contributed by atoms with E-state index in [9.17, 15) is 9.59 Å². The van der Waals surface area contributed by atoms with Gasteiger partial charge in [-0.3, -0.25) is 9.59 Å². The smallest absolute Gasteiger partial charge is 0.243 e. The van der Waals surface area contributed by atoms with Crippen molar-refractivity contribution in [3.8, 4) is 0 Å². The lowest BCUT2D eigenvalue weighted by Gasteiger charge is -2.23. The summed E-state index contributed by atoms with van der Waals surface area (Å²) in [6, 6.07) is 19.1. The van der Waals surface area contributed by atoms with Gasteiger partial charge in [0.05, 0.1) is 0 Å². The molecular weight excluding hydrogens is 362 g/mol. The van der Waals surface area contributed by atoms with Crippen molar-refractivity contribution < 1.29 is 9.59 Å². The van der Waals surface area contributed by atoms with E-state index in [1.54, 1.807) is 0 Å². The first-order valence-electron chi connectivity index (χ1n) is 10.6. The predicted octanol–water partition coefficient (Wildman–Crippen LogP) is 2.81. The molecule has 2 aromatic carbocycles. The second-order valence-corrected chi connectivity index (χ2v) is 7.75. The van der Waals surface area contributed by atoms with E-state index >= 15 is 0 Å². The van der Waals surface area contributed by atoms with Gasteiger partial charge in [0.25, 0.3) is 0 Å². The average Bonchev–Trinajstić information content (AvgIpc) is 2.78. The lowest BCUT2D eigenvalue weighted by molar-refractivity contribution is -0.129. The Morgan fingerprint density at radius 2 is 1.55 bits per heavy atom. The zero-order chi connectivity index (χ0) is 20.3. The van der Waals surface area contributed by atoms with Crippen molar-refractivity contribution in [3.05, 3.63) is 71.8 Å². The second-order valence-electron chi connectivity index (χ2n) is 7.75. The summed E-state index contributed by atoms with van der Waals surface area (Å²) >= 11 is 0. The number of carbonyl (C=O) groups excluding carboxylic acids is 2. The van der Waals surface area contributed by atoms with Crippen LogP contribution in [0.1, 0.15) is 36.8 Å². The highest BCUT2D eigenvalue weighted by Gasteiger charge is 2.22. The molecule has 0 bridgehead atoms. The van der Waals surface area contributed by atoms with E-state index < -0.39 is 6.04 Å². The third-order valence-corrected chi connectivity index (χ3v) is 5.48. The Morgan fingerprint density at radius 3 is 2.21 bits per heavy atom. The summed E-state index contributed by atoms with van der Waals surface area (Å²) in [7, 11) is 0. The Bertz CT molecular complexity index is 758. The lowest BCUT2D eigenvalue weighted by Crippen LogP contribution is -2.47. The maximum absolute atomic E-state index is 12.8. The molecule has 154 valence electrons. The third kappa shape index (κ3) is 7.35. The zero-order valence-electron chi connectivity index (χ0n) is 16.9. The van der Waals surface area contributed by atoms with E-state index in [0.29, 0.717) is 25.3 Å². The first-order valence-corrected chi connectivity index (χ1v) is 10.6. The van der Waals surface area contributed by atoms with E-state index in [4.69, 9.17) is 0 Å². The molecule has 1 aliphatic rings. The number of rotatable bonds is 9. The Balaban J connectivity index is 1.55. The van der Waals surface area contributed by atoms with E-state index in [1.807, 2.05) is 60.7 Å². The highest BCUT2D eigenvalue weighted by molar-refractivity contribution is 5.87. The average molecular weight is 394 g/mol. The van der Waals surface area contributed by atoms with Crippen LogP contribution in [0.3, 0.4) is 0 Å². The number of piperidine rings is 1. The standard InChI is InChI=1S/C24H31N3O2/c28-23(12-11-19-13-15-25-16-14-19)27-22(17-20-7-3-1-4-8-20)24(29)26-18-21-9-5-2-6-10-21/h1-10,19,22,25H,11-18H2,(H,26,29)(H,27,28). The van der Waals surface area contributed by atoms with Crippen molar-refractivity contribution in [1.82, 2.24) is 16.0 Å². The van der Waals surface area contributed by atoms with Crippen LogP contribution in [0, 0.1) is 5.92 Å². The van der Waals surface area contributed by atoms with Crippen LogP contribution in [-0.4, -0.2) is 30.9 Å². The summed E-state index contributed by atoms with van der Waals surface area (Å²) in [5, 5.41) is 9.29. The fourth-order valence-corrected chi connectivity index (χ4v) is 3.74. The van der Waals surface area contributed by atoms with Crippen LogP contribution < -0.4 is 16.0 Å². The fourth-order valence-electron chi connectivity index (χ4n) is 3.74. The summed E-state index contributed by atoms with van der Waals surface area (Å²) in [5.41, 5.74) is 2.07. The molecule has 1 unspecified atom stereocenters. The number of nitrogens with one attached hydrogen (secondary N) is 3. The maximum atomic E-state index is 12.8. The summed E-state index contributed by atoms with van der Waals surface area (Å²) < 4.78 is 0. The second kappa shape index (κ2) is 11.4. The Kier molecular flexibility index (Phi) is 8.25. The molecule has 2 amide bonds. The maximum Gasteiger partial charge on any atom is 0.243 e. The van der Waals surface area contributed by atoms with Gasteiger partial charge in [0.15, 0.2) is 0 Å². The highest BCUT2D eigenvalue weighted by Crippen LogP contribution is 2.17. The summed E-state index contributed by atoms with van der Waals surface area (Å²) in [5.74, 6) is 0.411. The number of hydrogen-bond donors (Lipinski definition) is 3. The molecule has 1 saturated heterocycles. The van der Waals surface area contributed by atoms with Crippen LogP contribution in [0.5, 0.6) is 0 Å². The molecular formula is C24H31N3O2. The van der Waals surface area contributed by atoms with Gasteiger partial charge in [0.2, 0.25) is 11.8 Å². The van der Waals surface area contributed by atoms with Crippen LogP contribution in [0.15, 0.2) is 60.7 Å². The molecule has 29 heavy (non-hydrogen) atoms. The van der Waals surface area contributed by atoms with Gasteiger partial charge in [-0.25, -0.2) is 0 Å². The number of amides is 2. The minimum Gasteiger partial charge on any atom is -0.350 e. The Labute approximate surface area is 173 Å². The van der Waals surface area contributed by atoms with Crippen molar-refractivity contribution >= 4 is 11.8 Å². The molecule has 1 aliphatic heterocycles. The minimum absolute atomic E-state index is 0.0423. The lowest BCUT2D eigenvalue weighted by atomic mass is 9.93. The minimum atomic E-state index is -0.568. The Hall–Kier alpha value is -2.66. The molecule has 5 heteroatoms. The first kappa shape index (κ1) is 21.1. The SMILES string of the molecule is O=C(CCC1CCNCC1)NC(Cc1ccccc1)C(=O)NCc1ccccc1. The van der Waals surface area contributed by atoms with Crippen molar-refractivity contribution in [1.29, 1.82) is 0 Å². The van der Waals surface area contributed by atoms with Crippen LogP contribution in [-0.2, 0) is 22.6 Å². The quantitative estimate of drug-likeness (QED) is 0.614. The van der Waals surface area contributed by atoms with Gasteiger partial charge in [-0.15, -0.1) is 0 Å². The van der Waals surface area contributed by atoms with E-state index in [1.165, 1.54) is 0 Å². The number of benzene rings is 2. The van der Waals surface area contributed by atoms with Gasteiger partial charge in [-0.05, 0) is 49.4 Å². The van der Waals surface area contributed by atoms with Crippen LogP contribution in [0.4, 0.5) is 0 Å². The third-order valence-electron chi connectivity index (χ3n) is 5.48. The molecule has 0 aromatic heterocycles. The zero-order valence-corrected chi connectivity index (χ0v) is 16.9. The molecule has 0 aliphatic carbocycles. The van der Waals surface area contributed by atoms with Crippen molar-refractivity contribution in [2.75, 3.05) is 13.1 Å². The molecule has 0 radical (unpaired) electrons. The van der Waals surface area contributed by atoms with Crippen molar-refractivity contribution in [2.45, 2.75) is 44.7 Å².